The van der Waals surface area contributed by atoms with Gasteiger partial charge in [0.2, 0.25) is 23.6 Å². The molecule has 0 N–H and O–H groups in total. The van der Waals surface area contributed by atoms with Gasteiger partial charge in [-0.05, 0) is 42.3 Å². The van der Waals surface area contributed by atoms with E-state index < -0.39 is 23.7 Å². The molecule has 0 radical (unpaired) electrons. The number of benzene rings is 2. The molecule has 6 rings (SSSR count). The van der Waals surface area contributed by atoms with Crippen LogP contribution in [0.5, 0.6) is 0 Å². The summed E-state index contributed by atoms with van der Waals surface area (Å²) in [6, 6.07) is 21.3. The lowest BCUT2D eigenvalue weighted by Gasteiger charge is -2.33. The number of fused-ring (bicyclic) bond motifs is 3. The first-order chi connectivity index (χ1) is 16.6. The predicted octanol–water partition coefficient (Wildman–Crippen LogP) is 3.42. The Labute approximate surface area is 196 Å². The number of hydrogen-bond donors (Lipinski definition) is 0. The number of amides is 4. The van der Waals surface area contributed by atoms with Gasteiger partial charge in [-0.3, -0.25) is 29.1 Å². The van der Waals surface area contributed by atoms with Crippen LogP contribution in [0.25, 0.3) is 0 Å². The van der Waals surface area contributed by atoms with E-state index in [1.54, 1.807) is 60.8 Å². The molecular weight excluding hydrogens is 430 g/mol. The second kappa shape index (κ2) is 7.73. The fourth-order valence-electron chi connectivity index (χ4n) is 5.71. The lowest BCUT2D eigenvalue weighted by Crippen LogP contribution is -2.35. The summed E-state index contributed by atoms with van der Waals surface area (Å²) in [6.45, 7) is 0. The van der Waals surface area contributed by atoms with Gasteiger partial charge in [0.15, 0.2) is 0 Å². The normalized spacial score (nSPS) is 26.1. The van der Waals surface area contributed by atoms with Crippen LogP contribution in [0.1, 0.15) is 35.9 Å². The van der Waals surface area contributed by atoms with E-state index in [-0.39, 0.29) is 30.0 Å². The van der Waals surface area contributed by atoms with Crippen LogP contribution in [0, 0.1) is 11.8 Å². The van der Waals surface area contributed by atoms with Crippen LogP contribution < -0.4 is 9.80 Å². The molecule has 7 nitrogen and oxygen atoms in total. The maximum Gasteiger partial charge on any atom is 0.242 e. The summed E-state index contributed by atoms with van der Waals surface area (Å²) in [5.41, 5.74) is 2.40. The van der Waals surface area contributed by atoms with Gasteiger partial charge in [0, 0.05) is 24.2 Å². The molecule has 2 saturated heterocycles. The van der Waals surface area contributed by atoms with E-state index in [0.29, 0.717) is 29.1 Å². The first kappa shape index (κ1) is 20.5. The van der Waals surface area contributed by atoms with E-state index in [4.69, 9.17) is 0 Å². The minimum Gasteiger partial charge on any atom is -0.274 e. The van der Waals surface area contributed by atoms with Gasteiger partial charge in [-0.1, -0.05) is 42.5 Å². The average molecular weight is 451 g/mol. The number of nitrogens with zero attached hydrogens (tertiary/aromatic N) is 3. The Balaban J connectivity index is 1.39. The van der Waals surface area contributed by atoms with Crippen molar-refractivity contribution in [3.8, 4) is 0 Å². The Bertz CT molecular complexity index is 1320. The third-order valence-corrected chi connectivity index (χ3v) is 7.19. The number of rotatable bonds is 3. The summed E-state index contributed by atoms with van der Waals surface area (Å²) in [5, 5.41) is 0. The summed E-state index contributed by atoms with van der Waals surface area (Å²) in [7, 11) is 0. The number of aromatic nitrogens is 1. The molecule has 4 amide bonds. The highest BCUT2D eigenvalue weighted by atomic mass is 16.2. The van der Waals surface area contributed by atoms with Crippen molar-refractivity contribution >= 4 is 35.0 Å². The smallest absolute Gasteiger partial charge is 0.242 e. The minimum atomic E-state index is -0.634. The standard InChI is InChI=1S/C27H21N3O4/c31-22-15-20(25(32)29(22)16-8-3-1-4-9-16)19-14-21-23(18-12-7-13-28-24(18)19)27(34)30(26(21)33)17-10-5-2-6-11-17/h1-13,19-21,23H,14-15H2. The molecule has 1 aliphatic carbocycles. The Kier molecular flexibility index (Phi) is 4.65. The topological polar surface area (TPSA) is 87.6 Å². The zero-order valence-electron chi connectivity index (χ0n) is 18.2. The van der Waals surface area contributed by atoms with Gasteiger partial charge in [0.25, 0.3) is 0 Å². The van der Waals surface area contributed by atoms with Crippen molar-refractivity contribution in [1.82, 2.24) is 4.98 Å². The van der Waals surface area contributed by atoms with Crippen LogP contribution in [-0.2, 0) is 19.2 Å². The molecule has 3 aliphatic rings. The predicted molar refractivity (Wildman–Crippen MR) is 124 cm³/mol. The summed E-state index contributed by atoms with van der Waals surface area (Å²) in [5.74, 6) is -3.36. The Morgan fingerprint density at radius 2 is 1.26 bits per heavy atom. The van der Waals surface area contributed by atoms with Gasteiger partial charge in [-0.2, -0.15) is 0 Å². The molecule has 1 aromatic heterocycles. The molecule has 0 spiro atoms. The minimum absolute atomic E-state index is 0.0519. The van der Waals surface area contributed by atoms with Gasteiger partial charge in [0.1, 0.15) is 0 Å². The SMILES string of the molecule is O=C1CC(C2CC3C(=O)N(c4ccccc4)C(=O)C3c3cccnc32)C(=O)N1c1ccccc1. The van der Waals surface area contributed by atoms with E-state index in [2.05, 4.69) is 4.98 Å². The fourth-order valence-corrected chi connectivity index (χ4v) is 5.71. The lowest BCUT2D eigenvalue weighted by molar-refractivity contribution is -0.125. The molecule has 3 aromatic rings. The summed E-state index contributed by atoms with van der Waals surface area (Å²) in [6.07, 6.45) is 1.99. The van der Waals surface area contributed by atoms with Crippen LogP contribution >= 0.6 is 0 Å². The number of para-hydroxylation sites is 2. The Hall–Kier alpha value is -4.13. The number of carbonyl (C=O) groups is 4. The molecular formula is C27H21N3O4. The van der Waals surface area contributed by atoms with E-state index in [9.17, 15) is 19.2 Å². The molecule has 2 aromatic carbocycles. The first-order valence-corrected chi connectivity index (χ1v) is 11.4. The number of hydrogen-bond acceptors (Lipinski definition) is 5. The van der Waals surface area contributed by atoms with Crippen LogP contribution in [0.15, 0.2) is 79.0 Å². The molecule has 7 heteroatoms. The lowest BCUT2D eigenvalue weighted by atomic mass is 9.69. The van der Waals surface area contributed by atoms with Crippen LogP contribution in [0.2, 0.25) is 0 Å². The van der Waals surface area contributed by atoms with Crippen molar-refractivity contribution in [2.45, 2.75) is 24.7 Å². The van der Waals surface area contributed by atoms with Crippen LogP contribution in [0.3, 0.4) is 0 Å². The van der Waals surface area contributed by atoms with E-state index in [1.807, 2.05) is 18.2 Å². The van der Waals surface area contributed by atoms with Crippen molar-refractivity contribution in [3.63, 3.8) is 0 Å². The molecule has 0 bridgehead atoms. The monoisotopic (exact) mass is 451 g/mol. The number of carbonyl (C=O) groups excluding carboxylic acids is 4. The second-order valence-electron chi connectivity index (χ2n) is 8.97. The van der Waals surface area contributed by atoms with Gasteiger partial charge in [0.05, 0.1) is 29.1 Å². The number of anilines is 2. The molecule has 2 aliphatic heterocycles. The molecule has 168 valence electrons. The summed E-state index contributed by atoms with van der Waals surface area (Å²) >= 11 is 0. The van der Waals surface area contributed by atoms with Crippen molar-refractivity contribution in [1.29, 1.82) is 0 Å². The molecule has 0 saturated carbocycles. The molecule has 3 heterocycles. The van der Waals surface area contributed by atoms with E-state index in [1.165, 1.54) is 9.80 Å². The van der Waals surface area contributed by atoms with E-state index >= 15 is 0 Å². The number of pyridine rings is 1. The van der Waals surface area contributed by atoms with Gasteiger partial charge in [-0.25, -0.2) is 4.90 Å². The van der Waals surface area contributed by atoms with Crippen LogP contribution in [0.4, 0.5) is 11.4 Å². The van der Waals surface area contributed by atoms with Crippen LogP contribution in [-0.4, -0.2) is 28.6 Å². The average Bonchev–Trinajstić information content (AvgIpc) is 3.31. The zero-order valence-corrected chi connectivity index (χ0v) is 18.2. The van der Waals surface area contributed by atoms with Crippen molar-refractivity contribution in [2.75, 3.05) is 9.80 Å². The summed E-state index contributed by atoms with van der Waals surface area (Å²) in [4.78, 5) is 60.3. The van der Waals surface area contributed by atoms with Gasteiger partial charge >= 0.3 is 0 Å². The fraction of sp³-hybridized carbons (Fsp3) is 0.222. The highest BCUT2D eigenvalue weighted by Crippen LogP contribution is 2.51. The highest BCUT2D eigenvalue weighted by Gasteiger charge is 2.56. The first-order valence-electron chi connectivity index (χ1n) is 11.4. The summed E-state index contributed by atoms with van der Waals surface area (Å²) < 4.78 is 0. The van der Waals surface area contributed by atoms with Gasteiger partial charge < -0.3 is 0 Å². The van der Waals surface area contributed by atoms with Crippen molar-refractivity contribution < 1.29 is 19.2 Å². The second-order valence-corrected chi connectivity index (χ2v) is 8.97. The van der Waals surface area contributed by atoms with E-state index in [0.717, 1.165) is 0 Å². The molecule has 4 atom stereocenters. The van der Waals surface area contributed by atoms with Gasteiger partial charge in [-0.15, -0.1) is 0 Å². The number of imide groups is 2. The third-order valence-electron chi connectivity index (χ3n) is 7.19. The Morgan fingerprint density at radius 1 is 0.647 bits per heavy atom. The quantitative estimate of drug-likeness (QED) is 0.570. The molecule has 34 heavy (non-hydrogen) atoms. The highest BCUT2D eigenvalue weighted by molar-refractivity contribution is 6.24. The van der Waals surface area contributed by atoms with Crippen molar-refractivity contribution in [3.05, 3.63) is 90.3 Å². The largest absolute Gasteiger partial charge is 0.274 e. The zero-order chi connectivity index (χ0) is 23.4. The maximum atomic E-state index is 13.5. The molecule has 4 unspecified atom stereocenters. The Morgan fingerprint density at radius 3 is 1.94 bits per heavy atom. The molecule has 2 fully saturated rings. The van der Waals surface area contributed by atoms with Crippen molar-refractivity contribution in [2.24, 2.45) is 11.8 Å². The maximum absolute atomic E-state index is 13.5. The third kappa shape index (κ3) is 2.93.